The highest BCUT2D eigenvalue weighted by Crippen LogP contribution is 2.31. The van der Waals surface area contributed by atoms with E-state index >= 15 is 0 Å². The molecule has 2 heterocycles. The summed E-state index contributed by atoms with van der Waals surface area (Å²) in [5, 5.41) is 7.50. The lowest BCUT2D eigenvalue weighted by Gasteiger charge is -2.27. The van der Waals surface area contributed by atoms with Crippen LogP contribution in [0.2, 0.25) is 0 Å². The van der Waals surface area contributed by atoms with Crippen LogP contribution < -0.4 is 15.8 Å². The molecule has 1 atom stereocenters. The Labute approximate surface area is 181 Å². The van der Waals surface area contributed by atoms with Crippen molar-refractivity contribution in [2.24, 2.45) is 10.7 Å². The van der Waals surface area contributed by atoms with Crippen molar-refractivity contribution in [3.63, 3.8) is 0 Å². The molecule has 8 heteroatoms. The van der Waals surface area contributed by atoms with Gasteiger partial charge in [-0.25, -0.2) is 14.7 Å². The third-order valence-electron chi connectivity index (χ3n) is 4.62. The number of fused-ring (bicyclic) bond motifs is 1. The summed E-state index contributed by atoms with van der Waals surface area (Å²) in [7, 11) is 0. The summed E-state index contributed by atoms with van der Waals surface area (Å²) in [6.07, 6.45) is 4.10. The van der Waals surface area contributed by atoms with Crippen LogP contribution in [0.4, 0.5) is 0 Å². The summed E-state index contributed by atoms with van der Waals surface area (Å²) >= 11 is 0. The first-order valence-corrected chi connectivity index (χ1v) is 8.97. The van der Waals surface area contributed by atoms with Gasteiger partial charge in [0.1, 0.15) is 18.4 Å². The van der Waals surface area contributed by atoms with Crippen LogP contribution >= 0.6 is 24.0 Å². The maximum Gasteiger partial charge on any atom is 0.189 e. The molecule has 3 aromatic rings. The number of benzene rings is 2. The third-order valence-corrected chi connectivity index (χ3v) is 4.62. The first kappa shape index (κ1) is 20.1. The van der Waals surface area contributed by atoms with Crippen molar-refractivity contribution >= 4 is 29.9 Å². The lowest BCUT2D eigenvalue weighted by Crippen LogP contribution is -2.37. The van der Waals surface area contributed by atoms with E-state index in [0.29, 0.717) is 25.7 Å². The molecule has 1 unspecified atom stereocenters. The maximum atomic E-state index is 6.17. The molecule has 0 saturated carbocycles. The monoisotopic (exact) mass is 490 g/mol. The molecule has 146 valence electrons. The highest BCUT2D eigenvalue weighted by atomic mass is 127. The van der Waals surface area contributed by atoms with Crippen molar-refractivity contribution in [3.8, 4) is 5.75 Å². The van der Waals surface area contributed by atoms with Crippen LogP contribution in [0.3, 0.4) is 0 Å². The van der Waals surface area contributed by atoms with E-state index in [2.05, 4.69) is 38.6 Å². The van der Waals surface area contributed by atoms with E-state index in [4.69, 9.17) is 10.5 Å². The second kappa shape index (κ2) is 9.54. The first-order valence-electron chi connectivity index (χ1n) is 8.97. The van der Waals surface area contributed by atoms with Gasteiger partial charge in [0.2, 0.25) is 0 Å². The highest BCUT2D eigenvalue weighted by molar-refractivity contribution is 14.0. The zero-order chi connectivity index (χ0) is 18.5. The Morgan fingerprint density at radius 3 is 2.79 bits per heavy atom. The van der Waals surface area contributed by atoms with E-state index in [9.17, 15) is 0 Å². The number of aromatic nitrogens is 3. The number of ether oxygens (including phenoxy) is 1. The Hall–Kier alpha value is -2.62. The number of hydrogen-bond acceptors (Lipinski definition) is 4. The van der Waals surface area contributed by atoms with E-state index in [-0.39, 0.29) is 30.0 Å². The first-order chi connectivity index (χ1) is 13.3. The summed E-state index contributed by atoms with van der Waals surface area (Å²) in [6.45, 7) is 1.84. The van der Waals surface area contributed by atoms with Crippen LogP contribution in [0.5, 0.6) is 5.75 Å². The number of nitrogens with two attached hydrogens (primary N) is 1. The van der Waals surface area contributed by atoms with Crippen LogP contribution in [-0.2, 0) is 13.1 Å². The lowest BCUT2D eigenvalue weighted by molar-refractivity contribution is 0.262. The van der Waals surface area contributed by atoms with Gasteiger partial charge in [-0.3, -0.25) is 0 Å². The van der Waals surface area contributed by atoms with Gasteiger partial charge in [-0.05, 0) is 17.2 Å². The molecule has 2 aromatic carbocycles. The molecule has 0 saturated heterocycles. The largest absolute Gasteiger partial charge is 0.493 e. The smallest absolute Gasteiger partial charge is 0.189 e. The molecule has 28 heavy (non-hydrogen) atoms. The Bertz CT molecular complexity index is 928. The fraction of sp³-hybridized carbons (Fsp3) is 0.250. The van der Waals surface area contributed by atoms with Gasteiger partial charge >= 0.3 is 0 Å². The van der Waals surface area contributed by atoms with Gasteiger partial charge < -0.3 is 15.8 Å². The third kappa shape index (κ3) is 4.80. The van der Waals surface area contributed by atoms with Crippen molar-refractivity contribution in [1.29, 1.82) is 0 Å². The summed E-state index contributed by atoms with van der Waals surface area (Å²) in [6, 6.07) is 16.3. The molecule has 0 radical (unpaired) electrons. The van der Waals surface area contributed by atoms with Crippen LogP contribution in [0.1, 0.15) is 29.2 Å². The number of halogens is 1. The SMILES string of the molecule is I.NC(=NCc1ccccc1Cn1cncn1)NC1CCOc2ccccc21. The van der Waals surface area contributed by atoms with Crippen molar-refractivity contribution in [2.75, 3.05) is 6.61 Å². The number of guanidine groups is 1. The van der Waals surface area contributed by atoms with E-state index in [1.165, 1.54) is 6.33 Å². The fourth-order valence-electron chi connectivity index (χ4n) is 3.24. The molecule has 1 aliphatic heterocycles. The maximum absolute atomic E-state index is 6.17. The molecule has 4 rings (SSSR count). The van der Waals surface area contributed by atoms with E-state index in [1.807, 2.05) is 30.3 Å². The van der Waals surface area contributed by atoms with Gasteiger partial charge in [-0.1, -0.05) is 42.5 Å². The van der Waals surface area contributed by atoms with Crippen molar-refractivity contribution < 1.29 is 4.74 Å². The highest BCUT2D eigenvalue weighted by Gasteiger charge is 2.21. The Kier molecular flexibility index (Phi) is 6.85. The molecule has 7 nitrogen and oxygen atoms in total. The van der Waals surface area contributed by atoms with Crippen molar-refractivity contribution in [3.05, 3.63) is 77.9 Å². The van der Waals surface area contributed by atoms with Crippen LogP contribution in [-0.4, -0.2) is 27.3 Å². The Balaban J connectivity index is 0.00000225. The number of aliphatic imine (C=N–C) groups is 1. The summed E-state index contributed by atoms with van der Waals surface area (Å²) < 4.78 is 7.49. The van der Waals surface area contributed by atoms with Gasteiger partial charge in [-0.2, -0.15) is 5.10 Å². The fourth-order valence-corrected chi connectivity index (χ4v) is 3.24. The molecule has 0 spiro atoms. The quantitative estimate of drug-likeness (QED) is 0.326. The second-order valence-electron chi connectivity index (χ2n) is 6.44. The van der Waals surface area contributed by atoms with Gasteiger partial charge in [-0.15, -0.1) is 24.0 Å². The predicted molar refractivity (Wildman–Crippen MR) is 119 cm³/mol. The van der Waals surface area contributed by atoms with E-state index < -0.39 is 0 Å². The van der Waals surface area contributed by atoms with Crippen LogP contribution in [0.15, 0.2) is 66.2 Å². The van der Waals surface area contributed by atoms with Gasteiger partial charge in [0.05, 0.1) is 25.7 Å². The predicted octanol–water partition coefficient (Wildman–Crippen LogP) is 2.87. The summed E-state index contributed by atoms with van der Waals surface area (Å²) in [5.41, 5.74) is 9.55. The molecular formula is C20H23IN6O. The molecule has 1 aromatic heterocycles. The minimum atomic E-state index is 0. The summed E-state index contributed by atoms with van der Waals surface area (Å²) in [5.74, 6) is 1.35. The molecule has 1 aliphatic rings. The average Bonchev–Trinajstić information content (AvgIpc) is 3.21. The lowest BCUT2D eigenvalue weighted by atomic mass is 10.0. The molecular weight excluding hydrogens is 467 g/mol. The molecule has 0 amide bonds. The number of para-hydroxylation sites is 1. The van der Waals surface area contributed by atoms with Crippen molar-refractivity contribution in [1.82, 2.24) is 20.1 Å². The molecule has 3 N–H and O–H groups in total. The summed E-state index contributed by atoms with van der Waals surface area (Å²) in [4.78, 5) is 8.54. The van der Waals surface area contributed by atoms with Crippen LogP contribution in [0.25, 0.3) is 0 Å². The van der Waals surface area contributed by atoms with Gasteiger partial charge in [0, 0.05) is 12.0 Å². The standard InChI is InChI=1S/C20H22N6O.HI/c21-20(25-18-9-10-27-19-8-4-3-7-17(18)19)23-11-15-5-1-2-6-16(15)12-26-14-22-13-24-26;/h1-8,13-14,18H,9-12H2,(H3,21,23,25);1H. The second-order valence-corrected chi connectivity index (χ2v) is 6.44. The molecule has 0 fully saturated rings. The van der Waals surface area contributed by atoms with E-state index in [1.54, 1.807) is 11.0 Å². The number of nitrogens with zero attached hydrogens (tertiary/aromatic N) is 4. The number of nitrogens with one attached hydrogen (secondary N) is 1. The zero-order valence-corrected chi connectivity index (χ0v) is 17.7. The topological polar surface area (TPSA) is 90.4 Å². The van der Waals surface area contributed by atoms with E-state index in [0.717, 1.165) is 28.9 Å². The van der Waals surface area contributed by atoms with Crippen LogP contribution in [0, 0.1) is 0 Å². The number of rotatable bonds is 5. The molecule has 0 bridgehead atoms. The minimum Gasteiger partial charge on any atom is -0.493 e. The zero-order valence-electron chi connectivity index (χ0n) is 15.4. The van der Waals surface area contributed by atoms with Crippen molar-refractivity contribution in [2.45, 2.75) is 25.6 Å². The molecule has 0 aliphatic carbocycles. The Morgan fingerprint density at radius 2 is 1.96 bits per heavy atom. The minimum absolute atomic E-state index is 0. The van der Waals surface area contributed by atoms with Gasteiger partial charge in [0.25, 0.3) is 0 Å². The average molecular weight is 490 g/mol. The normalized spacial score (nSPS) is 15.9. The van der Waals surface area contributed by atoms with Gasteiger partial charge in [0.15, 0.2) is 5.96 Å². The Morgan fingerprint density at radius 1 is 1.18 bits per heavy atom. The number of hydrogen-bond donors (Lipinski definition) is 2.